The Morgan fingerprint density at radius 1 is 0.508 bits per heavy atom. The summed E-state index contributed by atoms with van der Waals surface area (Å²) >= 11 is 0.0541. The van der Waals surface area contributed by atoms with Crippen LogP contribution in [0.1, 0.15) is 45.4 Å². The number of rotatable bonds is 14. The van der Waals surface area contributed by atoms with Crippen molar-refractivity contribution in [2.75, 3.05) is 11.5 Å². The molecule has 5 nitrogen and oxygen atoms in total. The Morgan fingerprint density at radius 3 is 0.825 bits per heavy atom. The van der Waals surface area contributed by atoms with Gasteiger partial charge in [-0.25, -0.2) is 26.0 Å². The Morgan fingerprint density at radius 2 is 0.683 bits per heavy atom. The molecule has 0 amide bonds. The number of thioether (sulfide) groups is 1. The molecule has 1 N–H and O–H groups in total. The van der Waals surface area contributed by atoms with Crippen molar-refractivity contribution in [2.45, 2.75) is 118 Å². The molecular formula is C25H22Cl3F28NO4S2. The quantitative estimate of drug-likeness (QED) is 0.0806. The van der Waals surface area contributed by atoms with Crippen LogP contribution in [0.5, 0.6) is 0 Å². The van der Waals surface area contributed by atoms with Gasteiger partial charge in [-0.2, -0.15) is 111 Å². The third-order valence-electron chi connectivity index (χ3n) is 7.34. The Kier molecular flexibility index (Phi) is 25.0. The Hall–Kier alpha value is -1.83. The first kappa shape index (κ1) is 67.8. The van der Waals surface area contributed by atoms with Crippen LogP contribution in [0.25, 0.3) is 0 Å². The number of halogens is 31. The van der Waals surface area contributed by atoms with Gasteiger partial charge >= 0.3 is 49.4 Å². The molecule has 0 aromatic carbocycles. The molecule has 38 heteroatoms. The highest BCUT2D eigenvalue weighted by atomic mass is 36.5. The first-order chi connectivity index (χ1) is 27.2. The SMILES string of the molecule is CC(=O)O.ClCl.N#CSCCC(CC(F)(C(F)(F)F)C(F)(F)F)CC(F)(C(F)(F)F)C(F)(F)F.O=S(=O)(Cl)CCC(CC(F)(C(F)(F)F)C(F)(F)F)CC(F)(C(F)(F)F)C(F)(F)F. The van der Waals surface area contributed by atoms with Gasteiger partial charge in [0.2, 0.25) is 9.05 Å². The van der Waals surface area contributed by atoms with Gasteiger partial charge in [-0.15, -0.1) is 0 Å². The number of carboxylic acid groups (broad SMARTS) is 1. The average molecular weight is 1100 g/mol. The fourth-order valence-corrected chi connectivity index (χ4v) is 5.72. The molecule has 0 saturated heterocycles. The van der Waals surface area contributed by atoms with Crippen LogP contribution in [0, 0.1) is 22.5 Å². The lowest BCUT2D eigenvalue weighted by atomic mass is 9.81. The van der Waals surface area contributed by atoms with Crippen molar-refractivity contribution in [3.8, 4) is 5.40 Å². The average Bonchev–Trinajstić information content (AvgIpc) is 3.00. The van der Waals surface area contributed by atoms with Crippen molar-refractivity contribution < 1.29 is 141 Å². The molecule has 0 atom stereocenters. The van der Waals surface area contributed by atoms with E-state index in [1.54, 1.807) is 0 Å². The number of alkyl halides is 28. The minimum atomic E-state index is -6.88. The first-order valence-electron chi connectivity index (χ1n) is 14.7. The summed E-state index contributed by atoms with van der Waals surface area (Å²) in [5.41, 5.74) is -25.1. The molecule has 0 spiro atoms. The van der Waals surface area contributed by atoms with Gasteiger partial charge in [0.15, 0.2) is 0 Å². The van der Waals surface area contributed by atoms with Crippen LogP contribution in [0.3, 0.4) is 0 Å². The van der Waals surface area contributed by atoms with E-state index < -0.39 is 149 Å². The van der Waals surface area contributed by atoms with Crippen LogP contribution in [-0.2, 0) is 13.8 Å². The largest absolute Gasteiger partial charge is 0.481 e. The van der Waals surface area contributed by atoms with Crippen molar-refractivity contribution in [1.82, 2.24) is 0 Å². The molecule has 0 aliphatic carbocycles. The van der Waals surface area contributed by atoms with Crippen molar-refractivity contribution >= 4 is 59.2 Å². The first-order valence-corrected chi connectivity index (χ1v) is 19.3. The molecule has 0 unspecified atom stereocenters. The van der Waals surface area contributed by atoms with E-state index >= 15 is 0 Å². The molecule has 380 valence electrons. The number of carboxylic acids is 1. The predicted octanol–water partition coefficient (Wildman–Crippen LogP) is 14.1. The van der Waals surface area contributed by atoms with E-state index in [2.05, 4.69) is 32.4 Å². The van der Waals surface area contributed by atoms with E-state index in [0.29, 0.717) is 0 Å². The van der Waals surface area contributed by atoms with Crippen LogP contribution in [0.2, 0.25) is 0 Å². The lowest BCUT2D eigenvalue weighted by Gasteiger charge is -2.37. The zero-order chi connectivity index (χ0) is 52.3. The normalized spacial score (nSPS) is 14.5. The number of aliphatic carboxylic acids is 1. The zero-order valence-electron chi connectivity index (χ0n) is 29.5. The number of thiocyanates is 1. The topological polar surface area (TPSA) is 95.2 Å². The van der Waals surface area contributed by atoms with Crippen LogP contribution in [0.15, 0.2) is 0 Å². The van der Waals surface area contributed by atoms with E-state index in [-0.39, 0.29) is 11.8 Å². The molecular weight excluding hydrogens is 1080 g/mol. The summed E-state index contributed by atoms with van der Waals surface area (Å²) < 4.78 is 378. The molecule has 0 fully saturated rings. The monoisotopic (exact) mass is 1100 g/mol. The summed E-state index contributed by atoms with van der Waals surface area (Å²) in [6.07, 6.45) is -69.9. The molecule has 0 bridgehead atoms. The van der Waals surface area contributed by atoms with E-state index in [1.807, 2.05) is 0 Å². The molecule has 0 saturated carbocycles. The van der Waals surface area contributed by atoms with E-state index in [9.17, 15) is 131 Å². The van der Waals surface area contributed by atoms with Gasteiger partial charge in [-0.3, -0.25) is 4.79 Å². The summed E-state index contributed by atoms with van der Waals surface area (Å²) in [7, 11) is 7.93. The zero-order valence-corrected chi connectivity index (χ0v) is 33.4. The van der Waals surface area contributed by atoms with Gasteiger partial charge in [-0.1, -0.05) is 0 Å². The van der Waals surface area contributed by atoms with Gasteiger partial charge < -0.3 is 5.11 Å². The minimum absolute atomic E-state index is 0.0541. The molecule has 63 heavy (non-hydrogen) atoms. The van der Waals surface area contributed by atoms with Gasteiger partial charge in [0.05, 0.1) is 5.75 Å². The molecule has 0 aromatic rings. The lowest BCUT2D eigenvalue weighted by molar-refractivity contribution is -0.358. The van der Waals surface area contributed by atoms with E-state index in [1.165, 1.54) is 5.40 Å². The van der Waals surface area contributed by atoms with Gasteiger partial charge in [0.1, 0.15) is 5.40 Å². The minimum Gasteiger partial charge on any atom is -0.481 e. The number of nitriles is 1. The summed E-state index contributed by atoms with van der Waals surface area (Å²) in [5.74, 6) is -9.80. The van der Waals surface area contributed by atoms with Crippen molar-refractivity contribution in [3.63, 3.8) is 0 Å². The highest BCUT2D eigenvalue weighted by Crippen LogP contribution is 2.57. The van der Waals surface area contributed by atoms with Gasteiger partial charge in [-0.05, 0) is 36.4 Å². The second-order valence-electron chi connectivity index (χ2n) is 12.0. The molecule has 0 rings (SSSR count). The standard InChI is InChI=1S/C12H9F14NS.C11H9ClF14O2S.C2H4O2.Cl2/c13-7(9(15,16)17,10(18,19)20)3-6(1-2-28-5-27)4-8(14,11(21,22)23)12(24,25)26;12-29(27,28)2-1-5(3-6(13,8(15,16)17)9(18,19)20)4-7(14,10(21,22)23)11(24,25)26;1-2(3)4;1-2/h6H,1-4H2;5H,1-4H2;1H3,(H,3,4);. The molecule has 0 aliphatic heterocycles. The van der Waals surface area contributed by atoms with Crippen LogP contribution in [-0.4, -0.2) is 103 Å². The van der Waals surface area contributed by atoms with Crippen LogP contribution >= 0.6 is 44.2 Å². The summed E-state index contributed by atoms with van der Waals surface area (Å²) in [6.45, 7) is 1.08. The fourth-order valence-electron chi connectivity index (χ4n) is 4.29. The third-order valence-corrected chi connectivity index (χ3v) is 9.09. The fraction of sp³-hybridized carbons (Fsp3) is 0.920. The smallest absolute Gasteiger partial charge is 0.431 e. The number of nitrogens with zero attached hydrogens (tertiary/aromatic N) is 1. The molecule has 0 aromatic heterocycles. The van der Waals surface area contributed by atoms with Crippen molar-refractivity contribution in [3.05, 3.63) is 0 Å². The second kappa shape index (κ2) is 23.3. The maximum atomic E-state index is 13.7. The summed E-state index contributed by atoms with van der Waals surface area (Å²) in [5, 5.41) is 16.8. The molecule has 0 aliphatic rings. The van der Waals surface area contributed by atoms with Crippen LogP contribution < -0.4 is 0 Å². The van der Waals surface area contributed by atoms with E-state index in [4.69, 9.17) is 15.2 Å². The number of hydrogen-bond acceptors (Lipinski definition) is 5. The Labute approximate surface area is 351 Å². The number of hydrogen-bond donors (Lipinski definition) is 1. The number of carbonyl (C=O) groups is 1. The highest BCUT2D eigenvalue weighted by Gasteiger charge is 2.77. The predicted molar refractivity (Wildman–Crippen MR) is 161 cm³/mol. The maximum Gasteiger partial charge on any atom is 0.431 e. The van der Waals surface area contributed by atoms with Gasteiger partial charge in [0, 0.05) is 70.8 Å². The van der Waals surface area contributed by atoms with E-state index in [0.717, 1.165) is 6.92 Å². The lowest BCUT2D eigenvalue weighted by Crippen LogP contribution is -2.57. The Balaban J connectivity index is -0.000000490. The van der Waals surface area contributed by atoms with Crippen molar-refractivity contribution in [2.24, 2.45) is 11.8 Å². The van der Waals surface area contributed by atoms with Gasteiger partial charge in [0.25, 0.3) is 28.6 Å². The maximum absolute atomic E-state index is 13.7. The second-order valence-corrected chi connectivity index (χ2v) is 15.8. The summed E-state index contributed by atoms with van der Waals surface area (Å²) in [4.78, 5) is 9.00. The molecule has 0 radical (unpaired) electrons. The van der Waals surface area contributed by atoms with Crippen LogP contribution in [0.4, 0.5) is 123 Å². The summed E-state index contributed by atoms with van der Waals surface area (Å²) in [6, 6.07) is 0. The Bertz CT molecular complexity index is 1410. The third kappa shape index (κ3) is 19.9. The molecule has 0 heterocycles. The van der Waals surface area contributed by atoms with Crippen molar-refractivity contribution in [1.29, 1.82) is 5.26 Å². The highest BCUT2D eigenvalue weighted by molar-refractivity contribution is 8.13.